The summed E-state index contributed by atoms with van der Waals surface area (Å²) < 4.78 is 0. The van der Waals surface area contributed by atoms with Crippen LogP contribution in [-0.4, -0.2) is 43.0 Å². The molecule has 140 valence electrons. The lowest BCUT2D eigenvalue weighted by atomic mass is 10.1. The van der Waals surface area contributed by atoms with E-state index in [2.05, 4.69) is 15.6 Å². The van der Waals surface area contributed by atoms with E-state index >= 15 is 0 Å². The lowest BCUT2D eigenvalue weighted by molar-refractivity contribution is -0.125. The minimum Gasteiger partial charge on any atom is -0.368 e. The summed E-state index contributed by atoms with van der Waals surface area (Å²) >= 11 is 6.07. The number of fused-ring (bicyclic) bond motifs is 1. The molecule has 0 aliphatic rings. The van der Waals surface area contributed by atoms with Gasteiger partial charge in [0.2, 0.25) is 5.91 Å². The van der Waals surface area contributed by atoms with Crippen molar-refractivity contribution in [2.45, 2.75) is 6.04 Å². The van der Waals surface area contributed by atoms with E-state index in [0.717, 1.165) is 22.3 Å². The number of benzene rings is 2. The molecule has 6 heteroatoms. The molecule has 0 aliphatic heterocycles. The summed E-state index contributed by atoms with van der Waals surface area (Å²) in [4.78, 5) is 19.1. The summed E-state index contributed by atoms with van der Waals surface area (Å²) in [6.45, 7) is 1.09. The van der Waals surface area contributed by atoms with Gasteiger partial charge in [0.25, 0.3) is 0 Å². The molecule has 3 rings (SSSR count). The molecule has 27 heavy (non-hydrogen) atoms. The van der Waals surface area contributed by atoms with Crippen LogP contribution in [0.2, 0.25) is 5.02 Å². The quantitative estimate of drug-likeness (QED) is 0.611. The fourth-order valence-electron chi connectivity index (χ4n) is 3.00. The van der Waals surface area contributed by atoms with Gasteiger partial charge in [0.15, 0.2) is 0 Å². The van der Waals surface area contributed by atoms with E-state index in [0.29, 0.717) is 18.1 Å². The number of carbonyl (C=O) groups is 1. The zero-order chi connectivity index (χ0) is 19.2. The van der Waals surface area contributed by atoms with Crippen LogP contribution in [0.15, 0.2) is 60.7 Å². The lowest BCUT2D eigenvalue weighted by Crippen LogP contribution is -2.39. The lowest BCUT2D eigenvalue weighted by Gasteiger charge is -2.24. The summed E-state index contributed by atoms with van der Waals surface area (Å²) in [5.41, 5.74) is 1.81. The van der Waals surface area contributed by atoms with Crippen molar-refractivity contribution >= 4 is 34.2 Å². The maximum atomic E-state index is 12.6. The number of anilines is 1. The standard InChI is InChI=1S/C21H23ClN4O/c1-26(2)20(16-7-5-8-17(22)14-16)21(27)24-13-12-23-19-11-10-15-6-3-4-9-18(15)25-19/h3-11,14,20H,12-13H2,1-2H3,(H,23,25)(H,24,27). The third kappa shape index (κ3) is 4.96. The second-order valence-corrected chi connectivity index (χ2v) is 6.96. The Bertz CT molecular complexity index is 929. The SMILES string of the molecule is CN(C)C(C(=O)NCCNc1ccc2ccccc2n1)c1cccc(Cl)c1. The van der Waals surface area contributed by atoms with E-state index in [-0.39, 0.29) is 11.9 Å². The number of nitrogens with one attached hydrogen (secondary N) is 2. The Morgan fingerprint density at radius 2 is 1.89 bits per heavy atom. The number of para-hydroxylation sites is 1. The Kier molecular flexibility index (Phi) is 6.27. The zero-order valence-electron chi connectivity index (χ0n) is 15.4. The van der Waals surface area contributed by atoms with Gasteiger partial charge < -0.3 is 10.6 Å². The van der Waals surface area contributed by atoms with Gasteiger partial charge in [-0.25, -0.2) is 4.98 Å². The molecule has 0 fully saturated rings. The van der Waals surface area contributed by atoms with Crippen molar-refractivity contribution in [3.63, 3.8) is 0 Å². The first-order valence-corrected chi connectivity index (χ1v) is 9.21. The molecule has 1 heterocycles. The van der Waals surface area contributed by atoms with Crippen molar-refractivity contribution in [3.8, 4) is 0 Å². The molecular formula is C21H23ClN4O. The Balaban J connectivity index is 1.55. The highest BCUT2D eigenvalue weighted by molar-refractivity contribution is 6.30. The Labute approximate surface area is 164 Å². The molecule has 0 aliphatic carbocycles. The first kappa shape index (κ1) is 19.1. The molecule has 1 unspecified atom stereocenters. The van der Waals surface area contributed by atoms with Crippen LogP contribution in [0.4, 0.5) is 5.82 Å². The van der Waals surface area contributed by atoms with Gasteiger partial charge >= 0.3 is 0 Å². The molecule has 0 saturated carbocycles. The molecule has 2 aromatic carbocycles. The predicted molar refractivity (Wildman–Crippen MR) is 111 cm³/mol. The number of aromatic nitrogens is 1. The summed E-state index contributed by atoms with van der Waals surface area (Å²) in [7, 11) is 3.75. The molecule has 1 amide bonds. The third-order valence-electron chi connectivity index (χ3n) is 4.26. The first-order chi connectivity index (χ1) is 13.0. The normalized spacial score (nSPS) is 12.1. The molecule has 0 spiro atoms. The zero-order valence-corrected chi connectivity index (χ0v) is 16.2. The van der Waals surface area contributed by atoms with E-state index in [9.17, 15) is 4.79 Å². The van der Waals surface area contributed by atoms with Crippen LogP contribution in [0.25, 0.3) is 10.9 Å². The number of hydrogen-bond donors (Lipinski definition) is 2. The van der Waals surface area contributed by atoms with Crippen LogP contribution in [0.5, 0.6) is 0 Å². The number of nitrogens with zero attached hydrogens (tertiary/aromatic N) is 2. The van der Waals surface area contributed by atoms with Crippen molar-refractivity contribution in [3.05, 3.63) is 71.2 Å². The van der Waals surface area contributed by atoms with Crippen LogP contribution in [-0.2, 0) is 4.79 Å². The van der Waals surface area contributed by atoms with E-state index in [1.807, 2.05) is 73.6 Å². The van der Waals surface area contributed by atoms with Crippen molar-refractivity contribution in [2.24, 2.45) is 0 Å². The second-order valence-electron chi connectivity index (χ2n) is 6.53. The topological polar surface area (TPSA) is 57.3 Å². The number of amides is 1. The molecular weight excluding hydrogens is 360 g/mol. The molecule has 3 aromatic rings. The highest BCUT2D eigenvalue weighted by Crippen LogP contribution is 2.21. The Morgan fingerprint density at radius 3 is 2.67 bits per heavy atom. The number of hydrogen-bond acceptors (Lipinski definition) is 4. The maximum absolute atomic E-state index is 12.6. The number of likely N-dealkylation sites (N-methyl/N-ethyl adjacent to an activating group) is 1. The van der Waals surface area contributed by atoms with Crippen LogP contribution in [0.3, 0.4) is 0 Å². The third-order valence-corrected chi connectivity index (χ3v) is 4.49. The first-order valence-electron chi connectivity index (χ1n) is 8.84. The van der Waals surface area contributed by atoms with Crippen LogP contribution in [0, 0.1) is 0 Å². The average Bonchev–Trinajstić information content (AvgIpc) is 2.65. The van der Waals surface area contributed by atoms with Crippen molar-refractivity contribution in [1.29, 1.82) is 0 Å². The maximum Gasteiger partial charge on any atom is 0.242 e. The van der Waals surface area contributed by atoms with Gasteiger partial charge in [-0.05, 0) is 50.0 Å². The second kappa shape index (κ2) is 8.84. The van der Waals surface area contributed by atoms with Gasteiger partial charge in [0.1, 0.15) is 11.9 Å². The summed E-state index contributed by atoms with van der Waals surface area (Å²) in [5.74, 6) is 0.734. The van der Waals surface area contributed by atoms with E-state index < -0.39 is 0 Å². The Hall–Kier alpha value is -2.63. The predicted octanol–water partition coefficient (Wildman–Crippen LogP) is 3.72. The highest BCUT2D eigenvalue weighted by atomic mass is 35.5. The number of pyridine rings is 1. The molecule has 0 bridgehead atoms. The van der Waals surface area contributed by atoms with E-state index in [4.69, 9.17) is 11.6 Å². The largest absolute Gasteiger partial charge is 0.368 e. The molecule has 0 saturated heterocycles. The fourth-order valence-corrected chi connectivity index (χ4v) is 3.20. The van der Waals surface area contributed by atoms with Gasteiger partial charge in [-0.3, -0.25) is 9.69 Å². The highest BCUT2D eigenvalue weighted by Gasteiger charge is 2.22. The molecule has 0 radical (unpaired) electrons. The van der Waals surface area contributed by atoms with Gasteiger partial charge in [-0.2, -0.15) is 0 Å². The molecule has 2 N–H and O–H groups in total. The van der Waals surface area contributed by atoms with Crippen LogP contribution >= 0.6 is 11.6 Å². The average molecular weight is 383 g/mol. The molecule has 1 atom stereocenters. The van der Waals surface area contributed by atoms with E-state index in [1.54, 1.807) is 6.07 Å². The van der Waals surface area contributed by atoms with Crippen LogP contribution in [0.1, 0.15) is 11.6 Å². The van der Waals surface area contributed by atoms with Gasteiger partial charge in [-0.1, -0.05) is 41.9 Å². The number of carbonyl (C=O) groups excluding carboxylic acids is 1. The van der Waals surface area contributed by atoms with Crippen molar-refractivity contribution in [1.82, 2.24) is 15.2 Å². The minimum atomic E-state index is -0.387. The summed E-state index contributed by atoms with van der Waals surface area (Å²) in [6, 6.07) is 19.0. The van der Waals surface area contributed by atoms with Gasteiger partial charge in [-0.15, -0.1) is 0 Å². The summed E-state index contributed by atoms with van der Waals surface area (Å²) in [5, 5.41) is 7.95. The molecule has 1 aromatic heterocycles. The van der Waals surface area contributed by atoms with Crippen molar-refractivity contribution < 1.29 is 4.79 Å². The van der Waals surface area contributed by atoms with E-state index in [1.165, 1.54) is 0 Å². The number of halogens is 1. The van der Waals surface area contributed by atoms with Gasteiger partial charge in [0.05, 0.1) is 5.52 Å². The minimum absolute atomic E-state index is 0.0597. The number of rotatable bonds is 7. The summed E-state index contributed by atoms with van der Waals surface area (Å²) in [6.07, 6.45) is 0. The van der Waals surface area contributed by atoms with Crippen molar-refractivity contribution in [2.75, 3.05) is 32.5 Å². The fraction of sp³-hybridized carbons (Fsp3) is 0.238. The van der Waals surface area contributed by atoms with Gasteiger partial charge in [0, 0.05) is 23.5 Å². The smallest absolute Gasteiger partial charge is 0.242 e. The van der Waals surface area contributed by atoms with Crippen LogP contribution < -0.4 is 10.6 Å². The molecule has 5 nitrogen and oxygen atoms in total. The Morgan fingerprint density at radius 1 is 1.07 bits per heavy atom. The monoisotopic (exact) mass is 382 g/mol.